The van der Waals surface area contributed by atoms with Crippen LogP contribution in [0.15, 0.2) is 60.7 Å². The predicted molar refractivity (Wildman–Crippen MR) is 86.8 cm³/mol. The Hall–Kier alpha value is -2.62. The first kappa shape index (κ1) is 16.7. The van der Waals surface area contributed by atoms with Gasteiger partial charge < -0.3 is 9.47 Å². The van der Waals surface area contributed by atoms with Crippen molar-refractivity contribution in [1.29, 1.82) is 0 Å². The molecule has 0 aliphatic heterocycles. The quantitative estimate of drug-likeness (QED) is 0.528. The summed E-state index contributed by atoms with van der Waals surface area (Å²) >= 11 is 0. The Morgan fingerprint density at radius 1 is 0.913 bits per heavy atom. The number of rotatable bonds is 9. The molecule has 0 amide bonds. The molecule has 23 heavy (non-hydrogen) atoms. The third-order valence-corrected chi connectivity index (χ3v) is 3.50. The van der Waals surface area contributed by atoms with E-state index in [4.69, 9.17) is 9.47 Å². The molecule has 0 aliphatic rings. The SMILES string of the molecule is O=COC(CCc1ccccc1)C(=O)OCCc1ccccc1. The molecule has 2 aromatic carbocycles. The topological polar surface area (TPSA) is 52.6 Å². The van der Waals surface area contributed by atoms with E-state index in [2.05, 4.69) is 0 Å². The van der Waals surface area contributed by atoms with Crippen molar-refractivity contribution in [2.75, 3.05) is 6.61 Å². The number of esters is 1. The molecule has 0 bridgehead atoms. The van der Waals surface area contributed by atoms with Crippen molar-refractivity contribution >= 4 is 12.4 Å². The van der Waals surface area contributed by atoms with Crippen molar-refractivity contribution in [3.05, 3.63) is 71.8 Å². The third kappa shape index (κ3) is 5.94. The maximum Gasteiger partial charge on any atom is 0.347 e. The summed E-state index contributed by atoms with van der Waals surface area (Å²) in [6.45, 7) is 0.570. The van der Waals surface area contributed by atoms with Crippen molar-refractivity contribution in [1.82, 2.24) is 0 Å². The molecule has 0 saturated heterocycles. The van der Waals surface area contributed by atoms with Crippen molar-refractivity contribution < 1.29 is 19.1 Å². The van der Waals surface area contributed by atoms with Gasteiger partial charge in [-0.3, -0.25) is 4.79 Å². The lowest BCUT2D eigenvalue weighted by atomic mass is 10.1. The van der Waals surface area contributed by atoms with E-state index in [1.807, 2.05) is 60.7 Å². The largest absolute Gasteiger partial charge is 0.463 e. The molecule has 0 saturated carbocycles. The predicted octanol–water partition coefficient (Wildman–Crippen LogP) is 2.95. The van der Waals surface area contributed by atoms with Crippen molar-refractivity contribution in [2.45, 2.75) is 25.4 Å². The molecule has 2 rings (SSSR count). The first-order valence-electron chi connectivity index (χ1n) is 7.63. The fraction of sp³-hybridized carbons (Fsp3) is 0.263. The molecular formula is C19H20O4. The molecular weight excluding hydrogens is 292 g/mol. The summed E-state index contributed by atoms with van der Waals surface area (Å²) in [5.41, 5.74) is 2.18. The van der Waals surface area contributed by atoms with Crippen molar-refractivity contribution in [3.63, 3.8) is 0 Å². The van der Waals surface area contributed by atoms with E-state index in [9.17, 15) is 9.59 Å². The van der Waals surface area contributed by atoms with Crippen LogP contribution in [0, 0.1) is 0 Å². The lowest BCUT2D eigenvalue weighted by Gasteiger charge is -2.14. The molecule has 0 heterocycles. The Morgan fingerprint density at radius 2 is 1.48 bits per heavy atom. The summed E-state index contributed by atoms with van der Waals surface area (Å²) in [6.07, 6.45) is 0.836. The van der Waals surface area contributed by atoms with Gasteiger partial charge in [0.2, 0.25) is 0 Å². The highest BCUT2D eigenvalue weighted by atomic mass is 16.6. The molecule has 0 spiro atoms. The number of hydrogen-bond acceptors (Lipinski definition) is 4. The zero-order valence-corrected chi connectivity index (χ0v) is 12.9. The average molecular weight is 312 g/mol. The van der Waals surface area contributed by atoms with E-state index in [1.165, 1.54) is 0 Å². The van der Waals surface area contributed by atoms with Gasteiger partial charge in [0.15, 0.2) is 6.10 Å². The van der Waals surface area contributed by atoms with Gasteiger partial charge in [0.05, 0.1) is 6.61 Å². The highest BCUT2D eigenvalue weighted by Gasteiger charge is 2.21. The number of hydrogen-bond donors (Lipinski definition) is 0. The van der Waals surface area contributed by atoms with Gasteiger partial charge in [-0.2, -0.15) is 0 Å². The number of aryl methyl sites for hydroxylation is 1. The summed E-state index contributed by atoms with van der Waals surface area (Å²) in [5.74, 6) is -0.496. The summed E-state index contributed by atoms with van der Waals surface area (Å²) in [6, 6.07) is 19.5. The van der Waals surface area contributed by atoms with Gasteiger partial charge in [0.1, 0.15) is 0 Å². The average Bonchev–Trinajstić information content (AvgIpc) is 2.60. The molecule has 4 nitrogen and oxygen atoms in total. The van der Waals surface area contributed by atoms with Crippen LogP contribution in [0.3, 0.4) is 0 Å². The monoisotopic (exact) mass is 312 g/mol. The fourth-order valence-corrected chi connectivity index (χ4v) is 2.26. The van der Waals surface area contributed by atoms with E-state index >= 15 is 0 Å². The Labute approximate surface area is 136 Å². The molecule has 0 fully saturated rings. The van der Waals surface area contributed by atoms with E-state index in [0.29, 0.717) is 25.7 Å². The Kier molecular flexibility index (Phi) is 6.85. The van der Waals surface area contributed by atoms with Crippen molar-refractivity contribution in [2.24, 2.45) is 0 Å². The van der Waals surface area contributed by atoms with Crippen LogP contribution in [0.2, 0.25) is 0 Å². The van der Waals surface area contributed by atoms with Crippen LogP contribution in [0.5, 0.6) is 0 Å². The molecule has 4 heteroatoms. The zero-order valence-electron chi connectivity index (χ0n) is 12.9. The van der Waals surface area contributed by atoms with Gasteiger partial charge in [-0.05, 0) is 24.0 Å². The second-order valence-corrected chi connectivity index (χ2v) is 5.15. The Balaban J connectivity index is 1.79. The number of carbonyl (C=O) groups excluding carboxylic acids is 2. The number of carbonyl (C=O) groups is 2. The highest BCUT2D eigenvalue weighted by Crippen LogP contribution is 2.09. The van der Waals surface area contributed by atoms with Gasteiger partial charge in [-0.1, -0.05) is 60.7 Å². The smallest absolute Gasteiger partial charge is 0.347 e. The van der Waals surface area contributed by atoms with Crippen LogP contribution in [0.4, 0.5) is 0 Å². The van der Waals surface area contributed by atoms with Gasteiger partial charge in [-0.15, -0.1) is 0 Å². The molecule has 1 atom stereocenters. The van der Waals surface area contributed by atoms with Crippen LogP contribution >= 0.6 is 0 Å². The molecule has 120 valence electrons. The Bertz CT molecular complexity index is 595. The highest BCUT2D eigenvalue weighted by molar-refractivity contribution is 5.75. The van der Waals surface area contributed by atoms with E-state index in [1.54, 1.807) is 0 Å². The molecule has 2 aromatic rings. The minimum atomic E-state index is -0.858. The van der Waals surface area contributed by atoms with Crippen LogP contribution in [0.1, 0.15) is 17.5 Å². The molecule has 0 aromatic heterocycles. The summed E-state index contributed by atoms with van der Waals surface area (Å²) < 4.78 is 10.1. The van der Waals surface area contributed by atoms with E-state index in [-0.39, 0.29) is 6.61 Å². The first-order chi connectivity index (χ1) is 11.3. The van der Waals surface area contributed by atoms with Gasteiger partial charge in [0, 0.05) is 6.42 Å². The second kappa shape index (κ2) is 9.41. The normalized spacial score (nSPS) is 11.5. The summed E-state index contributed by atoms with van der Waals surface area (Å²) in [4.78, 5) is 22.6. The zero-order chi connectivity index (χ0) is 16.3. The number of ether oxygens (including phenoxy) is 2. The lowest BCUT2D eigenvalue weighted by molar-refractivity contribution is -0.161. The van der Waals surface area contributed by atoms with Crippen molar-refractivity contribution in [3.8, 4) is 0 Å². The van der Waals surface area contributed by atoms with Gasteiger partial charge in [-0.25, -0.2) is 4.79 Å². The Morgan fingerprint density at radius 3 is 2.04 bits per heavy atom. The van der Waals surface area contributed by atoms with Crippen LogP contribution in [0.25, 0.3) is 0 Å². The summed E-state index contributed by atoms with van der Waals surface area (Å²) in [5, 5.41) is 0. The number of benzene rings is 2. The maximum atomic E-state index is 12.0. The lowest BCUT2D eigenvalue weighted by Crippen LogP contribution is -2.27. The molecule has 0 aliphatic carbocycles. The molecule has 1 unspecified atom stereocenters. The maximum absolute atomic E-state index is 12.0. The summed E-state index contributed by atoms with van der Waals surface area (Å²) in [7, 11) is 0. The second-order valence-electron chi connectivity index (χ2n) is 5.15. The first-order valence-corrected chi connectivity index (χ1v) is 7.63. The van der Waals surface area contributed by atoms with Crippen LogP contribution in [-0.2, 0) is 31.9 Å². The van der Waals surface area contributed by atoms with Gasteiger partial charge in [0.25, 0.3) is 6.47 Å². The minimum Gasteiger partial charge on any atom is -0.463 e. The van der Waals surface area contributed by atoms with E-state index < -0.39 is 12.1 Å². The molecule has 0 N–H and O–H groups in total. The molecule has 0 radical (unpaired) electrons. The van der Waals surface area contributed by atoms with Crippen LogP contribution in [-0.4, -0.2) is 25.2 Å². The van der Waals surface area contributed by atoms with Gasteiger partial charge >= 0.3 is 5.97 Å². The standard InChI is InChI=1S/C19H20O4/c20-15-23-18(12-11-16-7-3-1-4-8-16)19(21)22-14-13-17-9-5-2-6-10-17/h1-10,15,18H,11-14H2. The fourth-order valence-electron chi connectivity index (χ4n) is 2.26. The third-order valence-electron chi connectivity index (χ3n) is 3.50. The van der Waals surface area contributed by atoms with E-state index in [0.717, 1.165) is 11.1 Å². The minimum absolute atomic E-state index is 0.271. The van der Waals surface area contributed by atoms with Crippen LogP contribution < -0.4 is 0 Å².